The molecule has 1 amide bonds. The van der Waals surface area contributed by atoms with Crippen molar-refractivity contribution in [3.05, 3.63) is 51.6 Å². The van der Waals surface area contributed by atoms with Crippen molar-refractivity contribution in [3.63, 3.8) is 0 Å². The van der Waals surface area contributed by atoms with Crippen LogP contribution in [-0.4, -0.2) is 43.3 Å². The number of hydrogen-bond donors (Lipinski definition) is 2. The minimum atomic E-state index is -4.58. The molecule has 2 heterocycles. The third-order valence-corrected chi connectivity index (χ3v) is 5.91. The summed E-state index contributed by atoms with van der Waals surface area (Å²) in [5.74, 6) is -3.71. The van der Waals surface area contributed by atoms with E-state index < -0.39 is 42.0 Å². The van der Waals surface area contributed by atoms with E-state index >= 15 is 0 Å². The van der Waals surface area contributed by atoms with Crippen LogP contribution in [0.15, 0.2) is 39.7 Å². The summed E-state index contributed by atoms with van der Waals surface area (Å²) in [6.07, 6.45) is -4.21. The average Bonchev–Trinajstić information content (AvgIpc) is 3.24. The molecule has 32 heavy (non-hydrogen) atoms. The molecule has 1 aromatic heterocycles. The Labute approximate surface area is 192 Å². The summed E-state index contributed by atoms with van der Waals surface area (Å²) >= 11 is 11.8. The number of thiocarbonyl (C=S) groups is 1. The van der Waals surface area contributed by atoms with E-state index in [1.165, 1.54) is 18.2 Å². The highest BCUT2D eigenvalue weighted by molar-refractivity contribution is 8.26. The van der Waals surface area contributed by atoms with Crippen molar-refractivity contribution in [2.45, 2.75) is 18.6 Å². The summed E-state index contributed by atoms with van der Waals surface area (Å²) in [5.41, 5.74) is -0.935. The highest BCUT2D eigenvalue weighted by Gasteiger charge is 2.41. The van der Waals surface area contributed by atoms with Crippen LogP contribution in [0.3, 0.4) is 0 Å². The Morgan fingerprint density at radius 2 is 1.94 bits per heavy atom. The molecule has 0 aliphatic carbocycles. The van der Waals surface area contributed by atoms with Crippen LogP contribution in [0, 0.1) is 0 Å². The molecule has 13 heteroatoms. The molecule has 7 nitrogen and oxygen atoms in total. The van der Waals surface area contributed by atoms with Crippen molar-refractivity contribution in [3.8, 4) is 11.3 Å². The largest absolute Gasteiger partial charge is 0.481 e. The number of rotatable bonds is 6. The average molecular weight is 506 g/mol. The number of carboxylic acids is 2. The van der Waals surface area contributed by atoms with Gasteiger partial charge in [-0.25, -0.2) is 4.79 Å². The van der Waals surface area contributed by atoms with Crippen LogP contribution in [0.1, 0.15) is 17.7 Å². The van der Waals surface area contributed by atoms with Crippen LogP contribution in [-0.2, 0) is 20.6 Å². The fraction of sp³-hybridized carbons (Fsp3) is 0.158. The van der Waals surface area contributed by atoms with Crippen molar-refractivity contribution in [2.75, 3.05) is 0 Å². The molecular weight excluding hydrogens is 495 g/mol. The second kappa shape index (κ2) is 8.96. The quantitative estimate of drug-likeness (QED) is 0.428. The van der Waals surface area contributed by atoms with E-state index in [1.807, 2.05) is 0 Å². The Morgan fingerprint density at radius 3 is 2.53 bits per heavy atom. The highest BCUT2D eigenvalue weighted by atomic mass is 35.5. The van der Waals surface area contributed by atoms with E-state index in [-0.39, 0.29) is 31.3 Å². The van der Waals surface area contributed by atoms with E-state index in [1.54, 1.807) is 0 Å². The Bertz CT molecular complexity index is 1160. The second-order valence-electron chi connectivity index (χ2n) is 6.40. The first kappa shape index (κ1) is 23.8. The smallest absolute Gasteiger partial charge is 0.416 e. The molecule has 168 valence electrons. The molecule has 0 radical (unpaired) electrons. The van der Waals surface area contributed by atoms with Gasteiger partial charge in [0.05, 0.1) is 21.9 Å². The van der Waals surface area contributed by atoms with Gasteiger partial charge < -0.3 is 14.6 Å². The number of benzene rings is 1. The van der Waals surface area contributed by atoms with Gasteiger partial charge in [0.2, 0.25) is 0 Å². The van der Waals surface area contributed by atoms with Crippen LogP contribution < -0.4 is 0 Å². The minimum Gasteiger partial charge on any atom is -0.481 e. The summed E-state index contributed by atoms with van der Waals surface area (Å²) in [5, 5.41) is 18.2. The number of thioether (sulfide) groups is 1. The zero-order valence-electron chi connectivity index (χ0n) is 15.6. The lowest BCUT2D eigenvalue weighted by Crippen LogP contribution is -2.45. The van der Waals surface area contributed by atoms with E-state index in [9.17, 15) is 32.7 Å². The minimum absolute atomic E-state index is 0.0112. The molecule has 2 N–H and O–H groups in total. The summed E-state index contributed by atoms with van der Waals surface area (Å²) in [4.78, 5) is 35.6. The second-order valence-corrected chi connectivity index (χ2v) is 8.48. The van der Waals surface area contributed by atoms with Gasteiger partial charge in [-0.1, -0.05) is 35.6 Å². The maximum absolute atomic E-state index is 13.0. The summed E-state index contributed by atoms with van der Waals surface area (Å²) in [6.45, 7) is 0. The van der Waals surface area contributed by atoms with Gasteiger partial charge in [0.15, 0.2) is 0 Å². The third-order valence-electron chi connectivity index (χ3n) is 4.25. The maximum Gasteiger partial charge on any atom is 0.416 e. The fourth-order valence-corrected chi connectivity index (χ4v) is 4.35. The van der Waals surface area contributed by atoms with Crippen LogP contribution in [0.4, 0.5) is 13.2 Å². The number of hydrogen-bond acceptors (Lipinski definition) is 6. The number of nitrogens with zero attached hydrogens (tertiary/aromatic N) is 1. The molecule has 1 atom stereocenters. The zero-order chi connectivity index (χ0) is 23.8. The summed E-state index contributed by atoms with van der Waals surface area (Å²) < 4.78 is 44.3. The maximum atomic E-state index is 13.0. The number of carboxylic acid groups (broad SMARTS) is 2. The van der Waals surface area contributed by atoms with E-state index in [2.05, 4.69) is 0 Å². The van der Waals surface area contributed by atoms with Crippen molar-refractivity contribution >= 4 is 63.8 Å². The third kappa shape index (κ3) is 4.97. The van der Waals surface area contributed by atoms with Gasteiger partial charge in [0, 0.05) is 11.6 Å². The zero-order valence-corrected chi connectivity index (χ0v) is 17.9. The summed E-state index contributed by atoms with van der Waals surface area (Å²) in [6, 6.07) is 3.79. The number of aliphatic carboxylic acids is 2. The Kier molecular flexibility index (Phi) is 6.67. The molecule has 2 aromatic rings. The molecule has 1 fully saturated rings. The molecule has 0 spiro atoms. The first-order chi connectivity index (χ1) is 14.9. The molecule has 1 aliphatic rings. The number of furan rings is 1. The predicted molar refractivity (Wildman–Crippen MR) is 113 cm³/mol. The molecule has 1 aromatic carbocycles. The molecule has 1 saturated heterocycles. The van der Waals surface area contributed by atoms with Crippen molar-refractivity contribution in [1.82, 2.24) is 4.90 Å². The molecule has 1 aliphatic heterocycles. The van der Waals surface area contributed by atoms with Crippen molar-refractivity contribution in [1.29, 1.82) is 0 Å². The lowest BCUT2D eigenvalue weighted by atomic mass is 10.1. The van der Waals surface area contributed by atoms with Gasteiger partial charge >= 0.3 is 18.1 Å². The predicted octanol–water partition coefficient (Wildman–Crippen LogP) is 4.75. The molecule has 3 rings (SSSR count). The molecule has 0 bridgehead atoms. The molecular formula is C19H11ClF3NO6S2. The number of amides is 1. The highest BCUT2D eigenvalue weighted by Crippen LogP contribution is 2.38. The van der Waals surface area contributed by atoms with Crippen LogP contribution in [0.2, 0.25) is 5.02 Å². The van der Waals surface area contributed by atoms with Crippen LogP contribution in [0.5, 0.6) is 0 Å². The fourth-order valence-electron chi connectivity index (χ4n) is 2.80. The van der Waals surface area contributed by atoms with Gasteiger partial charge in [-0.2, -0.15) is 13.2 Å². The van der Waals surface area contributed by atoms with Gasteiger partial charge in [0.25, 0.3) is 5.91 Å². The van der Waals surface area contributed by atoms with Gasteiger partial charge in [-0.15, -0.1) is 0 Å². The van der Waals surface area contributed by atoms with Gasteiger partial charge in [0.1, 0.15) is 21.9 Å². The van der Waals surface area contributed by atoms with Gasteiger partial charge in [-0.05, 0) is 30.3 Å². The van der Waals surface area contributed by atoms with Crippen LogP contribution in [0.25, 0.3) is 17.4 Å². The van der Waals surface area contributed by atoms with E-state index in [0.29, 0.717) is 4.90 Å². The SMILES string of the molecule is O=C(O)C[C@@H](C(=O)O)N1C(=O)/C(=C/c2ccc(-c3cc(C(F)(F)F)ccc3Cl)o2)SC1=S. The Hall–Kier alpha value is -2.83. The van der Waals surface area contributed by atoms with Gasteiger partial charge in [-0.3, -0.25) is 14.5 Å². The number of carbonyl (C=O) groups is 3. The van der Waals surface area contributed by atoms with Crippen molar-refractivity contribution < 1.29 is 42.2 Å². The lowest BCUT2D eigenvalue weighted by Gasteiger charge is -2.21. The monoisotopic (exact) mass is 505 g/mol. The molecule has 0 unspecified atom stereocenters. The summed E-state index contributed by atoms with van der Waals surface area (Å²) in [7, 11) is 0. The number of carbonyl (C=O) groups excluding carboxylic acids is 1. The van der Waals surface area contributed by atoms with E-state index in [4.69, 9.17) is 33.3 Å². The topological polar surface area (TPSA) is 108 Å². The van der Waals surface area contributed by atoms with E-state index in [0.717, 1.165) is 30.0 Å². The van der Waals surface area contributed by atoms with Crippen LogP contribution >= 0.6 is 35.6 Å². The first-order valence-electron chi connectivity index (χ1n) is 8.57. The number of alkyl halides is 3. The lowest BCUT2D eigenvalue weighted by molar-refractivity contribution is -0.150. The van der Waals surface area contributed by atoms with Crippen molar-refractivity contribution in [2.24, 2.45) is 0 Å². The first-order valence-corrected chi connectivity index (χ1v) is 10.2. The molecule has 0 saturated carbocycles. The normalized spacial score (nSPS) is 16.6. The standard InChI is InChI=1S/C19H11ClF3NO6S2/c20-11-3-1-8(19(21,22)23)5-10(11)13-4-2-9(30-13)6-14-16(27)24(18(31)32-14)12(17(28)29)7-15(25)26/h1-6,12H,7H2,(H,25,26)(H,28,29)/b14-6-/t12-/m0/s1. The number of halogens is 4. The Balaban J connectivity index is 1.90. The Morgan fingerprint density at radius 1 is 1.25 bits per heavy atom.